The molecule has 0 fully saturated rings. The number of furan rings is 1. The van der Waals surface area contributed by atoms with Crippen molar-refractivity contribution < 1.29 is 9.21 Å². The Labute approximate surface area is 105 Å². The Morgan fingerprint density at radius 2 is 2.00 bits per heavy atom. The van der Waals surface area contributed by atoms with Crippen LogP contribution in [0.1, 0.15) is 22.6 Å². The predicted molar refractivity (Wildman–Crippen MR) is 71.1 cm³/mol. The van der Waals surface area contributed by atoms with Crippen molar-refractivity contribution in [2.24, 2.45) is 0 Å². The van der Waals surface area contributed by atoms with Gasteiger partial charge in [0.25, 0.3) is 5.91 Å². The highest BCUT2D eigenvalue weighted by molar-refractivity contribution is 6.34. The van der Waals surface area contributed by atoms with Crippen LogP contribution in [0.4, 0.5) is 5.69 Å². The normalized spacial score (nSPS) is 15.9. The lowest BCUT2D eigenvalue weighted by atomic mass is 10.1. The van der Waals surface area contributed by atoms with E-state index in [9.17, 15) is 4.79 Å². The van der Waals surface area contributed by atoms with E-state index in [1.54, 1.807) is 6.08 Å². The zero-order valence-corrected chi connectivity index (χ0v) is 10.3. The first-order valence-electron chi connectivity index (χ1n) is 5.84. The number of benzene rings is 1. The van der Waals surface area contributed by atoms with E-state index in [2.05, 4.69) is 5.32 Å². The molecule has 2 heterocycles. The molecule has 1 N–H and O–H groups in total. The van der Waals surface area contributed by atoms with Crippen LogP contribution in [-0.2, 0) is 4.79 Å². The molecule has 1 aliphatic rings. The van der Waals surface area contributed by atoms with Gasteiger partial charge in [-0.2, -0.15) is 0 Å². The molecule has 0 atom stereocenters. The summed E-state index contributed by atoms with van der Waals surface area (Å²) < 4.78 is 5.58. The number of carbonyl (C=O) groups excluding carboxylic acids is 1. The van der Waals surface area contributed by atoms with Crippen LogP contribution in [0.5, 0.6) is 0 Å². The first kappa shape index (κ1) is 10.8. The molecular weight excluding hydrogens is 226 g/mol. The van der Waals surface area contributed by atoms with Crippen molar-refractivity contribution in [1.82, 2.24) is 0 Å². The fraction of sp³-hybridized carbons (Fsp3) is 0.133. The third-order valence-corrected chi connectivity index (χ3v) is 3.18. The summed E-state index contributed by atoms with van der Waals surface area (Å²) in [5.41, 5.74) is 3.52. The average molecular weight is 239 g/mol. The first-order valence-corrected chi connectivity index (χ1v) is 5.84. The van der Waals surface area contributed by atoms with Gasteiger partial charge in [-0.25, -0.2) is 0 Å². The number of carbonyl (C=O) groups is 1. The summed E-state index contributed by atoms with van der Waals surface area (Å²) in [7, 11) is 0. The standard InChI is InChI=1S/C15H13NO2/c1-9-7-11(18-10(9)2)8-13-12-5-3-4-6-14(12)16-15(13)17/h3-8H,1-2H3,(H,16,17)/b13-8-. The van der Waals surface area contributed by atoms with Crippen molar-refractivity contribution >= 4 is 23.2 Å². The van der Waals surface area contributed by atoms with Gasteiger partial charge in [0.2, 0.25) is 0 Å². The van der Waals surface area contributed by atoms with Gasteiger partial charge in [-0.15, -0.1) is 0 Å². The van der Waals surface area contributed by atoms with E-state index in [0.29, 0.717) is 11.3 Å². The van der Waals surface area contributed by atoms with Crippen molar-refractivity contribution in [3.8, 4) is 0 Å². The molecule has 1 aliphatic heterocycles. The molecule has 3 heteroatoms. The smallest absolute Gasteiger partial charge is 0.256 e. The van der Waals surface area contributed by atoms with E-state index < -0.39 is 0 Å². The largest absolute Gasteiger partial charge is 0.462 e. The monoisotopic (exact) mass is 239 g/mol. The van der Waals surface area contributed by atoms with Crippen molar-refractivity contribution in [1.29, 1.82) is 0 Å². The number of hydrogen-bond acceptors (Lipinski definition) is 2. The molecule has 3 rings (SSSR count). The lowest BCUT2D eigenvalue weighted by Crippen LogP contribution is -2.03. The van der Waals surface area contributed by atoms with Gasteiger partial charge in [0.05, 0.1) is 5.57 Å². The lowest BCUT2D eigenvalue weighted by molar-refractivity contribution is -0.110. The second kappa shape index (κ2) is 3.88. The quantitative estimate of drug-likeness (QED) is 0.775. The number of amides is 1. The van der Waals surface area contributed by atoms with Crippen molar-refractivity contribution in [3.63, 3.8) is 0 Å². The summed E-state index contributed by atoms with van der Waals surface area (Å²) >= 11 is 0. The minimum atomic E-state index is -0.0806. The maximum Gasteiger partial charge on any atom is 0.256 e. The summed E-state index contributed by atoms with van der Waals surface area (Å²) in [5.74, 6) is 1.52. The molecular formula is C15H13NO2. The Hall–Kier alpha value is -2.29. The van der Waals surface area contributed by atoms with Crippen molar-refractivity contribution in [2.45, 2.75) is 13.8 Å². The maximum absolute atomic E-state index is 11.9. The molecule has 90 valence electrons. The Morgan fingerprint density at radius 1 is 1.22 bits per heavy atom. The number of hydrogen-bond donors (Lipinski definition) is 1. The van der Waals surface area contributed by atoms with Crippen LogP contribution in [0, 0.1) is 13.8 Å². The number of rotatable bonds is 1. The molecule has 18 heavy (non-hydrogen) atoms. The van der Waals surface area contributed by atoms with Gasteiger partial charge in [0, 0.05) is 11.3 Å². The summed E-state index contributed by atoms with van der Waals surface area (Å²) in [4.78, 5) is 11.9. The first-order chi connectivity index (χ1) is 8.65. The van der Waals surface area contributed by atoms with Crippen LogP contribution in [0.3, 0.4) is 0 Å². The molecule has 1 aromatic heterocycles. The van der Waals surface area contributed by atoms with E-state index in [4.69, 9.17) is 4.42 Å². The third-order valence-electron chi connectivity index (χ3n) is 3.18. The molecule has 0 unspecified atom stereocenters. The van der Waals surface area contributed by atoms with Crippen molar-refractivity contribution in [3.05, 3.63) is 53.0 Å². The van der Waals surface area contributed by atoms with Crippen LogP contribution in [0.2, 0.25) is 0 Å². The fourth-order valence-electron chi connectivity index (χ4n) is 2.10. The van der Waals surface area contributed by atoms with Gasteiger partial charge in [-0.1, -0.05) is 18.2 Å². The van der Waals surface area contributed by atoms with Gasteiger partial charge in [0.1, 0.15) is 11.5 Å². The number of aryl methyl sites for hydroxylation is 2. The van der Waals surface area contributed by atoms with Crippen LogP contribution in [-0.4, -0.2) is 5.91 Å². The van der Waals surface area contributed by atoms with Gasteiger partial charge >= 0.3 is 0 Å². The highest BCUT2D eigenvalue weighted by Crippen LogP contribution is 2.33. The molecule has 0 radical (unpaired) electrons. The van der Waals surface area contributed by atoms with Crippen LogP contribution in [0.15, 0.2) is 34.7 Å². The predicted octanol–water partition coefficient (Wildman–Crippen LogP) is 3.39. The topological polar surface area (TPSA) is 42.2 Å². The molecule has 0 aliphatic carbocycles. The average Bonchev–Trinajstić information content (AvgIpc) is 2.82. The molecule has 1 amide bonds. The van der Waals surface area contributed by atoms with E-state index >= 15 is 0 Å². The Kier molecular flexibility index (Phi) is 2.33. The minimum Gasteiger partial charge on any atom is -0.462 e. The zero-order chi connectivity index (χ0) is 12.7. The maximum atomic E-state index is 11.9. The zero-order valence-electron chi connectivity index (χ0n) is 10.3. The van der Waals surface area contributed by atoms with E-state index in [1.807, 2.05) is 44.2 Å². The number of fused-ring (bicyclic) bond motifs is 1. The third kappa shape index (κ3) is 1.64. The molecule has 0 saturated heterocycles. The Morgan fingerprint density at radius 3 is 2.72 bits per heavy atom. The molecule has 1 aromatic carbocycles. The molecule has 0 bridgehead atoms. The Bertz CT molecular complexity index is 645. The van der Waals surface area contributed by atoms with E-state index in [0.717, 1.165) is 22.6 Å². The molecule has 3 nitrogen and oxygen atoms in total. The van der Waals surface area contributed by atoms with Gasteiger partial charge in [-0.05, 0) is 37.6 Å². The van der Waals surface area contributed by atoms with Crippen LogP contribution in [0.25, 0.3) is 11.6 Å². The fourth-order valence-corrected chi connectivity index (χ4v) is 2.10. The van der Waals surface area contributed by atoms with Crippen LogP contribution < -0.4 is 5.32 Å². The summed E-state index contributed by atoms with van der Waals surface area (Å²) in [5, 5.41) is 2.84. The molecule has 0 spiro atoms. The molecule has 0 saturated carbocycles. The summed E-state index contributed by atoms with van der Waals surface area (Å²) in [6.45, 7) is 3.91. The highest BCUT2D eigenvalue weighted by atomic mass is 16.3. The summed E-state index contributed by atoms with van der Waals surface area (Å²) in [6.07, 6.45) is 1.79. The lowest BCUT2D eigenvalue weighted by Gasteiger charge is -1.95. The SMILES string of the molecule is Cc1cc(/C=C2\C(=O)Nc3ccccc32)oc1C. The van der Waals surface area contributed by atoms with Gasteiger partial charge < -0.3 is 9.73 Å². The molecule has 2 aromatic rings. The highest BCUT2D eigenvalue weighted by Gasteiger charge is 2.23. The number of anilines is 1. The minimum absolute atomic E-state index is 0.0806. The van der Waals surface area contributed by atoms with Gasteiger partial charge in [0.15, 0.2) is 0 Å². The summed E-state index contributed by atoms with van der Waals surface area (Å²) in [6, 6.07) is 9.60. The second-order valence-electron chi connectivity index (χ2n) is 4.45. The van der Waals surface area contributed by atoms with E-state index in [-0.39, 0.29) is 5.91 Å². The second-order valence-corrected chi connectivity index (χ2v) is 4.45. The van der Waals surface area contributed by atoms with Crippen molar-refractivity contribution in [2.75, 3.05) is 5.32 Å². The van der Waals surface area contributed by atoms with Gasteiger partial charge in [-0.3, -0.25) is 4.79 Å². The number of para-hydroxylation sites is 1. The van der Waals surface area contributed by atoms with E-state index in [1.165, 1.54) is 0 Å². The number of nitrogens with one attached hydrogen (secondary N) is 1. The Balaban J connectivity index is 2.09. The van der Waals surface area contributed by atoms with Crippen LogP contribution >= 0.6 is 0 Å².